The first-order valence-corrected chi connectivity index (χ1v) is 10.8. The Labute approximate surface area is 176 Å². The minimum Gasteiger partial charge on any atom is -0.337 e. The molecule has 5 nitrogen and oxygen atoms in total. The number of fused-ring (bicyclic) bond motifs is 1. The summed E-state index contributed by atoms with van der Waals surface area (Å²) >= 11 is 0. The molecule has 2 aromatic carbocycles. The van der Waals surface area contributed by atoms with Crippen molar-refractivity contribution in [1.82, 2.24) is 19.4 Å². The Morgan fingerprint density at radius 2 is 2.03 bits per heavy atom. The van der Waals surface area contributed by atoms with Gasteiger partial charge in [-0.15, -0.1) is 0 Å². The van der Waals surface area contributed by atoms with Crippen molar-refractivity contribution in [1.29, 1.82) is 0 Å². The number of likely N-dealkylation sites (N-methyl/N-ethyl adjacent to an activating group) is 1. The quantitative estimate of drug-likeness (QED) is 0.645. The van der Waals surface area contributed by atoms with Crippen LogP contribution in [-0.4, -0.2) is 57.5 Å². The molecule has 0 bridgehead atoms. The van der Waals surface area contributed by atoms with Crippen molar-refractivity contribution in [3.05, 3.63) is 65.7 Å². The van der Waals surface area contributed by atoms with Crippen molar-refractivity contribution < 1.29 is 9.18 Å². The van der Waals surface area contributed by atoms with Gasteiger partial charge < -0.3 is 9.47 Å². The second-order valence-electron chi connectivity index (χ2n) is 8.61. The van der Waals surface area contributed by atoms with Gasteiger partial charge in [0.1, 0.15) is 5.82 Å². The fraction of sp³-hybridized carbons (Fsp3) is 0.417. The fourth-order valence-electron chi connectivity index (χ4n) is 4.67. The number of carbonyl (C=O) groups excluding carboxylic acids is 1. The van der Waals surface area contributed by atoms with E-state index in [0.29, 0.717) is 23.7 Å². The van der Waals surface area contributed by atoms with Crippen LogP contribution in [0.2, 0.25) is 0 Å². The molecule has 6 heteroatoms. The Kier molecular flexibility index (Phi) is 5.03. The highest BCUT2D eigenvalue weighted by Crippen LogP contribution is 2.29. The maximum Gasteiger partial charge on any atom is 0.253 e. The van der Waals surface area contributed by atoms with Crippen LogP contribution in [0, 0.1) is 5.82 Å². The zero-order chi connectivity index (χ0) is 20.7. The number of rotatable bonds is 5. The number of para-hydroxylation sites is 2. The first-order valence-electron chi connectivity index (χ1n) is 10.8. The van der Waals surface area contributed by atoms with Gasteiger partial charge in [-0.2, -0.15) is 0 Å². The fourth-order valence-corrected chi connectivity index (χ4v) is 4.67. The molecule has 0 N–H and O–H groups in total. The van der Waals surface area contributed by atoms with Gasteiger partial charge in [-0.3, -0.25) is 9.69 Å². The summed E-state index contributed by atoms with van der Waals surface area (Å²) in [5, 5.41) is 0. The van der Waals surface area contributed by atoms with E-state index in [0.717, 1.165) is 30.5 Å². The zero-order valence-electron chi connectivity index (χ0n) is 17.3. The number of imidazole rings is 1. The van der Waals surface area contributed by atoms with Crippen molar-refractivity contribution in [2.45, 2.75) is 44.3 Å². The number of halogens is 1. The normalized spacial score (nSPS) is 19.9. The number of likely N-dealkylation sites (tertiary alicyclic amines) is 1. The highest BCUT2D eigenvalue weighted by molar-refractivity contribution is 5.94. The number of benzene rings is 2. The topological polar surface area (TPSA) is 41.4 Å². The van der Waals surface area contributed by atoms with Gasteiger partial charge in [0, 0.05) is 43.3 Å². The van der Waals surface area contributed by atoms with E-state index in [2.05, 4.69) is 9.88 Å². The molecule has 2 aliphatic rings. The summed E-state index contributed by atoms with van der Waals surface area (Å²) in [4.78, 5) is 21.6. The first kappa shape index (κ1) is 19.2. The molecule has 1 saturated heterocycles. The SMILES string of the molecule is CN(C(=O)c1ccc(Cn2cnc3ccccc32)c(F)c1)C1CCN(C2CCC2)C1. The van der Waals surface area contributed by atoms with Crippen molar-refractivity contribution in [2.75, 3.05) is 20.1 Å². The number of aromatic nitrogens is 2. The van der Waals surface area contributed by atoms with Crippen LogP contribution in [0.15, 0.2) is 48.8 Å². The van der Waals surface area contributed by atoms with Crippen molar-refractivity contribution >= 4 is 16.9 Å². The van der Waals surface area contributed by atoms with Crippen LogP contribution in [0.1, 0.15) is 41.6 Å². The van der Waals surface area contributed by atoms with Gasteiger partial charge in [0.15, 0.2) is 0 Å². The van der Waals surface area contributed by atoms with E-state index in [1.807, 2.05) is 35.9 Å². The predicted octanol–water partition coefficient (Wildman–Crippen LogP) is 3.92. The Bertz CT molecular complexity index is 1070. The molecule has 1 atom stereocenters. The lowest BCUT2D eigenvalue weighted by atomic mass is 9.92. The van der Waals surface area contributed by atoms with E-state index >= 15 is 0 Å². The number of carbonyl (C=O) groups is 1. The van der Waals surface area contributed by atoms with E-state index in [1.165, 1.54) is 25.3 Å². The van der Waals surface area contributed by atoms with Crippen molar-refractivity contribution in [3.63, 3.8) is 0 Å². The van der Waals surface area contributed by atoms with Crippen LogP contribution in [0.4, 0.5) is 4.39 Å². The summed E-state index contributed by atoms with van der Waals surface area (Å²) in [6, 6.07) is 13.6. The summed E-state index contributed by atoms with van der Waals surface area (Å²) in [6.45, 7) is 2.37. The highest BCUT2D eigenvalue weighted by Gasteiger charge is 2.34. The molecular weight excluding hydrogens is 379 g/mol. The summed E-state index contributed by atoms with van der Waals surface area (Å²) in [5.41, 5.74) is 2.82. The van der Waals surface area contributed by atoms with Gasteiger partial charge in [-0.25, -0.2) is 9.37 Å². The summed E-state index contributed by atoms with van der Waals surface area (Å²) in [5.74, 6) is -0.455. The molecule has 2 heterocycles. The molecule has 1 aromatic heterocycles. The second kappa shape index (κ2) is 7.84. The lowest BCUT2D eigenvalue weighted by molar-refractivity contribution is 0.0719. The lowest BCUT2D eigenvalue weighted by Crippen LogP contribution is -2.43. The molecule has 0 radical (unpaired) electrons. The second-order valence-corrected chi connectivity index (χ2v) is 8.61. The number of hydrogen-bond donors (Lipinski definition) is 0. The number of hydrogen-bond acceptors (Lipinski definition) is 3. The molecule has 2 fully saturated rings. The Morgan fingerprint density at radius 1 is 1.20 bits per heavy atom. The third-order valence-corrected chi connectivity index (χ3v) is 6.82. The molecular formula is C24H27FN4O. The maximum atomic E-state index is 14.9. The first-order chi connectivity index (χ1) is 14.6. The van der Waals surface area contributed by atoms with Crippen LogP contribution in [0.5, 0.6) is 0 Å². The van der Waals surface area contributed by atoms with Crippen LogP contribution in [-0.2, 0) is 6.54 Å². The summed E-state index contributed by atoms with van der Waals surface area (Å²) < 4.78 is 16.8. The molecule has 5 rings (SSSR count). The van der Waals surface area contributed by atoms with Crippen LogP contribution >= 0.6 is 0 Å². The molecule has 1 unspecified atom stereocenters. The average Bonchev–Trinajstić information content (AvgIpc) is 3.35. The van der Waals surface area contributed by atoms with Gasteiger partial charge >= 0.3 is 0 Å². The minimum atomic E-state index is -0.352. The van der Waals surface area contributed by atoms with Gasteiger partial charge in [-0.05, 0) is 43.5 Å². The summed E-state index contributed by atoms with van der Waals surface area (Å²) in [6.07, 6.45) is 6.60. The Hall–Kier alpha value is -2.73. The lowest BCUT2D eigenvalue weighted by Gasteiger charge is -2.35. The van der Waals surface area contributed by atoms with Gasteiger partial charge in [0.2, 0.25) is 0 Å². The molecule has 156 valence electrons. The molecule has 0 spiro atoms. The minimum absolute atomic E-state index is 0.103. The van der Waals surface area contributed by atoms with Crippen LogP contribution in [0.25, 0.3) is 11.0 Å². The monoisotopic (exact) mass is 406 g/mol. The molecule has 3 aromatic rings. The number of nitrogens with zero attached hydrogens (tertiary/aromatic N) is 4. The highest BCUT2D eigenvalue weighted by atomic mass is 19.1. The molecule has 1 saturated carbocycles. The largest absolute Gasteiger partial charge is 0.337 e. The standard InChI is InChI=1S/C24H27FN4O/c1-27(20-11-12-28(15-20)19-5-4-6-19)24(30)17-9-10-18(21(25)13-17)14-29-16-26-22-7-2-3-8-23(22)29/h2-3,7-10,13,16,19-20H,4-6,11-12,14-15H2,1H3. The Morgan fingerprint density at radius 3 is 2.80 bits per heavy atom. The molecule has 1 aliphatic heterocycles. The zero-order valence-corrected chi connectivity index (χ0v) is 17.3. The molecule has 30 heavy (non-hydrogen) atoms. The smallest absolute Gasteiger partial charge is 0.253 e. The predicted molar refractivity (Wildman–Crippen MR) is 115 cm³/mol. The molecule has 1 aliphatic carbocycles. The van der Waals surface area contributed by atoms with Crippen LogP contribution in [0.3, 0.4) is 0 Å². The number of amides is 1. The summed E-state index contributed by atoms with van der Waals surface area (Å²) in [7, 11) is 1.85. The van der Waals surface area contributed by atoms with Crippen molar-refractivity contribution in [3.8, 4) is 0 Å². The van der Waals surface area contributed by atoms with E-state index in [-0.39, 0.29) is 17.8 Å². The van der Waals surface area contributed by atoms with E-state index in [1.54, 1.807) is 23.4 Å². The Balaban J connectivity index is 1.28. The van der Waals surface area contributed by atoms with E-state index in [4.69, 9.17) is 0 Å². The van der Waals surface area contributed by atoms with Crippen molar-refractivity contribution in [2.24, 2.45) is 0 Å². The van der Waals surface area contributed by atoms with Crippen LogP contribution < -0.4 is 0 Å². The molecule has 1 amide bonds. The van der Waals surface area contributed by atoms with Gasteiger partial charge in [-0.1, -0.05) is 24.6 Å². The van der Waals surface area contributed by atoms with Gasteiger partial charge in [0.25, 0.3) is 5.91 Å². The average molecular weight is 407 g/mol. The van der Waals surface area contributed by atoms with E-state index in [9.17, 15) is 9.18 Å². The third kappa shape index (κ3) is 3.49. The van der Waals surface area contributed by atoms with E-state index < -0.39 is 0 Å². The maximum absolute atomic E-state index is 14.9. The third-order valence-electron chi connectivity index (χ3n) is 6.82. The van der Waals surface area contributed by atoms with Gasteiger partial charge in [0.05, 0.1) is 23.9 Å².